The van der Waals surface area contributed by atoms with Gasteiger partial charge in [-0.3, -0.25) is 9.55 Å². The molecule has 1 aliphatic rings. The van der Waals surface area contributed by atoms with Crippen molar-refractivity contribution in [1.82, 2.24) is 24.5 Å². The Morgan fingerprint density at radius 1 is 1.16 bits per heavy atom. The van der Waals surface area contributed by atoms with Crippen molar-refractivity contribution in [3.8, 4) is 11.8 Å². The number of nitrogens with one attached hydrogen (secondary N) is 1. The summed E-state index contributed by atoms with van der Waals surface area (Å²) in [6.07, 6.45) is 4.38. The second-order valence-corrected chi connectivity index (χ2v) is 5.81. The number of pyridine rings is 1. The molecule has 0 unspecified atom stereocenters. The summed E-state index contributed by atoms with van der Waals surface area (Å²) in [5.41, 5.74) is 7.05. The molecule has 9 heteroatoms. The Balaban J connectivity index is 1.85. The van der Waals surface area contributed by atoms with Crippen LogP contribution >= 0.6 is 0 Å². The molecule has 0 saturated heterocycles. The van der Waals surface area contributed by atoms with Crippen LogP contribution in [0.2, 0.25) is 0 Å². The molecule has 0 spiro atoms. The first kappa shape index (κ1) is 15.4. The number of imidazole rings is 1. The lowest BCUT2D eigenvalue weighted by molar-refractivity contribution is 0.265. The fourth-order valence-corrected chi connectivity index (χ4v) is 2.79. The summed E-state index contributed by atoms with van der Waals surface area (Å²) in [4.78, 5) is 27.9. The number of nitrogens with two attached hydrogens (primary N) is 1. The third-order valence-corrected chi connectivity index (χ3v) is 4.06. The van der Waals surface area contributed by atoms with Gasteiger partial charge in [-0.2, -0.15) is 9.97 Å². The Bertz CT molecular complexity index is 964. The minimum atomic E-state index is -0.336. The van der Waals surface area contributed by atoms with Crippen LogP contribution in [0.3, 0.4) is 0 Å². The number of hydrogen-bond donors (Lipinski definition) is 2. The maximum Gasteiger partial charge on any atom is 0.328 e. The van der Waals surface area contributed by atoms with Crippen LogP contribution in [-0.2, 0) is 6.54 Å². The third-order valence-electron chi connectivity index (χ3n) is 4.06. The predicted molar refractivity (Wildman–Crippen MR) is 90.7 cm³/mol. The molecule has 0 amide bonds. The van der Waals surface area contributed by atoms with Crippen LogP contribution in [0.5, 0.6) is 11.8 Å². The topological polar surface area (TPSA) is 121 Å². The molecule has 1 aliphatic heterocycles. The van der Waals surface area contributed by atoms with Crippen molar-refractivity contribution >= 4 is 17.0 Å². The van der Waals surface area contributed by atoms with Crippen LogP contribution in [0.25, 0.3) is 11.2 Å². The van der Waals surface area contributed by atoms with Crippen molar-refractivity contribution in [3.05, 3.63) is 34.5 Å². The summed E-state index contributed by atoms with van der Waals surface area (Å²) >= 11 is 0. The SMILES string of the molecule is Nc1nc2nc3c1[nH]c(=O)n3Cc1ncccc1OCCCCCO2. The highest BCUT2D eigenvalue weighted by Gasteiger charge is 2.17. The lowest BCUT2D eigenvalue weighted by Gasteiger charge is -2.12. The van der Waals surface area contributed by atoms with E-state index in [0.29, 0.717) is 35.8 Å². The smallest absolute Gasteiger partial charge is 0.328 e. The van der Waals surface area contributed by atoms with E-state index >= 15 is 0 Å². The number of fused-ring (bicyclic) bond motifs is 2. The number of nitrogen functional groups attached to an aromatic ring is 1. The van der Waals surface area contributed by atoms with Crippen LogP contribution in [0.4, 0.5) is 5.82 Å². The zero-order valence-corrected chi connectivity index (χ0v) is 13.6. The molecular formula is C16H18N6O3. The molecule has 0 saturated carbocycles. The van der Waals surface area contributed by atoms with Gasteiger partial charge >= 0.3 is 11.7 Å². The Morgan fingerprint density at radius 2 is 2.00 bits per heavy atom. The Kier molecular flexibility index (Phi) is 3.96. The lowest BCUT2D eigenvalue weighted by atomic mass is 10.2. The first-order valence-corrected chi connectivity index (χ1v) is 8.18. The number of aromatic nitrogens is 5. The maximum atomic E-state index is 12.4. The van der Waals surface area contributed by atoms with Gasteiger partial charge < -0.3 is 20.2 Å². The molecule has 4 heterocycles. The van der Waals surface area contributed by atoms with E-state index in [1.165, 1.54) is 4.57 Å². The summed E-state index contributed by atoms with van der Waals surface area (Å²) in [6.45, 7) is 1.29. The molecule has 3 aromatic rings. The zero-order chi connectivity index (χ0) is 17.2. The zero-order valence-electron chi connectivity index (χ0n) is 13.6. The fourth-order valence-electron chi connectivity index (χ4n) is 2.79. The molecule has 130 valence electrons. The van der Waals surface area contributed by atoms with Crippen LogP contribution in [0.1, 0.15) is 25.0 Å². The molecule has 9 nitrogen and oxygen atoms in total. The van der Waals surface area contributed by atoms with Crippen molar-refractivity contribution in [1.29, 1.82) is 0 Å². The number of hydrogen-bond acceptors (Lipinski definition) is 7. The van der Waals surface area contributed by atoms with Gasteiger partial charge in [0, 0.05) is 6.20 Å². The molecule has 0 fully saturated rings. The molecule has 4 rings (SSSR count). The van der Waals surface area contributed by atoms with Crippen LogP contribution in [0, 0.1) is 0 Å². The highest BCUT2D eigenvalue weighted by atomic mass is 16.5. The van der Waals surface area contributed by atoms with Crippen molar-refractivity contribution < 1.29 is 9.47 Å². The van der Waals surface area contributed by atoms with Gasteiger partial charge in [0.15, 0.2) is 11.5 Å². The highest BCUT2D eigenvalue weighted by molar-refractivity contribution is 5.81. The molecule has 0 aliphatic carbocycles. The molecule has 2 bridgehead atoms. The van der Waals surface area contributed by atoms with Gasteiger partial charge in [0.1, 0.15) is 17.0 Å². The maximum absolute atomic E-state index is 12.4. The van der Waals surface area contributed by atoms with Crippen molar-refractivity contribution in [3.63, 3.8) is 0 Å². The van der Waals surface area contributed by atoms with Crippen LogP contribution in [-0.4, -0.2) is 37.7 Å². The van der Waals surface area contributed by atoms with E-state index in [1.807, 2.05) is 12.1 Å². The first-order chi connectivity index (χ1) is 12.2. The van der Waals surface area contributed by atoms with E-state index in [9.17, 15) is 4.79 Å². The average molecular weight is 342 g/mol. The van der Waals surface area contributed by atoms with Crippen molar-refractivity contribution in [2.45, 2.75) is 25.8 Å². The highest BCUT2D eigenvalue weighted by Crippen LogP contribution is 2.22. The van der Waals surface area contributed by atoms with Gasteiger partial charge in [0.2, 0.25) is 0 Å². The third kappa shape index (κ3) is 3.00. The predicted octanol–water partition coefficient (Wildman–Crippen LogP) is 1.09. The Labute approximate surface area is 142 Å². The standard InChI is InChI=1S/C16H18N6O3/c17-13-12-14-21-15(20-13)25-8-3-1-2-7-24-11-5-4-6-18-10(11)9-22(14)16(23)19-12/h4-6H,1-3,7-9H2,(H,19,23)(H2,17,20,21). The fraction of sp³-hybridized carbons (Fsp3) is 0.375. The quantitative estimate of drug-likeness (QED) is 0.627. The number of rotatable bonds is 0. The number of H-pyrrole nitrogens is 1. The largest absolute Gasteiger partial charge is 0.492 e. The molecular weight excluding hydrogens is 324 g/mol. The van der Waals surface area contributed by atoms with Gasteiger partial charge in [-0.05, 0) is 31.4 Å². The van der Waals surface area contributed by atoms with Crippen LogP contribution < -0.4 is 20.9 Å². The normalized spacial score (nSPS) is 15.2. The van der Waals surface area contributed by atoms with Gasteiger partial charge in [-0.25, -0.2) is 4.79 Å². The summed E-state index contributed by atoms with van der Waals surface area (Å²) < 4.78 is 12.9. The summed E-state index contributed by atoms with van der Waals surface area (Å²) in [6, 6.07) is 3.84. The first-order valence-electron chi connectivity index (χ1n) is 8.18. The number of aromatic amines is 1. The Morgan fingerprint density at radius 3 is 2.88 bits per heavy atom. The molecule has 3 N–H and O–H groups in total. The summed E-state index contributed by atoms with van der Waals surface area (Å²) in [5.74, 6) is 0.847. The van der Waals surface area contributed by atoms with Crippen molar-refractivity contribution in [2.75, 3.05) is 18.9 Å². The summed E-state index contributed by atoms with van der Waals surface area (Å²) in [5, 5.41) is 0. The molecule has 3 aromatic heterocycles. The van der Waals surface area contributed by atoms with E-state index in [1.54, 1.807) is 6.20 Å². The average Bonchev–Trinajstić information content (AvgIpc) is 2.92. The van der Waals surface area contributed by atoms with E-state index in [-0.39, 0.29) is 24.1 Å². The lowest BCUT2D eigenvalue weighted by Crippen LogP contribution is -2.19. The van der Waals surface area contributed by atoms with Gasteiger partial charge in [-0.15, -0.1) is 0 Å². The van der Waals surface area contributed by atoms with E-state index in [4.69, 9.17) is 15.2 Å². The monoisotopic (exact) mass is 342 g/mol. The Hall–Kier alpha value is -3.10. The molecule has 0 atom stereocenters. The second kappa shape index (κ2) is 6.42. The molecule has 25 heavy (non-hydrogen) atoms. The van der Waals surface area contributed by atoms with Gasteiger partial charge in [-0.1, -0.05) is 0 Å². The molecule has 0 aromatic carbocycles. The van der Waals surface area contributed by atoms with E-state index < -0.39 is 0 Å². The number of ether oxygens (including phenoxy) is 2. The van der Waals surface area contributed by atoms with E-state index in [0.717, 1.165) is 19.3 Å². The number of anilines is 1. The van der Waals surface area contributed by atoms with Crippen LogP contribution in [0.15, 0.2) is 23.1 Å². The minimum Gasteiger partial charge on any atom is -0.492 e. The summed E-state index contributed by atoms with van der Waals surface area (Å²) in [7, 11) is 0. The van der Waals surface area contributed by atoms with Gasteiger partial charge in [0.25, 0.3) is 0 Å². The van der Waals surface area contributed by atoms with Gasteiger partial charge in [0.05, 0.1) is 19.8 Å². The van der Waals surface area contributed by atoms with Crippen molar-refractivity contribution in [2.24, 2.45) is 0 Å². The minimum absolute atomic E-state index is 0.173. The van der Waals surface area contributed by atoms with E-state index in [2.05, 4.69) is 19.9 Å². The number of nitrogens with zero attached hydrogens (tertiary/aromatic N) is 4. The second-order valence-electron chi connectivity index (χ2n) is 5.81. The molecule has 0 radical (unpaired) electrons.